The molecule has 0 fully saturated rings. The summed E-state index contributed by atoms with van der Waals surface area (Å²) in [6.07, 6.45) is 0. The van der Waals surface area contributed by atoms with Gasteiger partial charge in [0.1, 0.15) is 17.3 Å². The topological polar surface area (TPSA) is 94.9 Å². The summed E-state index contributed by atoms with van der Waals surface area (Å²) in [5.41, 5.74) is 2.04. The van der Waals surface area contributed by atoms with E-state index in [1.165, 1.54) is 62.6 Å². The van der Waals surface area contributed by atoms with Crippen LogP contribution in [0.1, 0.15) is 58.4 Å². The maximum Gasteiger partial charge on any atom is 0.355 e. The second-order valence-electron chi connectivity index (χ2n) is 8.79. The smallest absolute Gasteiger partial charge is 0.355 e. The number of rotatable bonds is 11. The van der Waals surface area contributed by atoms with Crippen molar-refractivity contribution in [3.8, 4) is 5.75 Å². The number of benzene rings is 2. The third-order valence-corrected chi connectivity index (χ3v) is 8.46. The zero-order chi connectivity index (χ0) is 28.2. The fourth-order valence-corrected chi connectivity index (χ4v) is 6.12. The van der Waals surface area contributed by atoms with Crippen molar-refractivity contribution in [1.29, 1.82) is 0 Å². The van der Waals surface area contributed by atoms with Gasteiger partial charge in [-0.2, -0.15) is 4.31 Å². The number of carbonyl (C=O) groups excluding carboxylic acids is 2. The third-order valence-electron chi connectivity index (χ3n) is 6.53. The summed E-state index contributed by atoms with van der Waals surface area (Å²) in [6, 6.07) is 10.2. The van der Waals surface area contributed by atoms with Crippen LogP contribution in [0.2, 0.25) is 0 Å². The van der Waals surface area contributed by atoms with Crippen molar-refractivity contribution in [2.24, 2.45) is 0 Å². The van der Waals surface area contributed by atoms with Gasteiger partial charge in [0.2, 0.25) is 10.0 Å². The molecule has 0 amide bonds. The molecule has 0 aliphatic heterocycles. The predicted octanol–water partition coefficient (Wildman–Crippen LogP) is 4.91. The van der Waals surface area contributed by atoms with Gasteiger partial charge in [0.25, 0.3) is 0 Å². The van der Waals surface area contributed by atoms with Crippen LogP contribution in [0.3, 0.4) is 0 Å². The highest BCUT2D eigenvalue weighted by atomic mass is 32.2. The second-order valence-corrected chi connectivity index (χ2v) is 10.7. The molecule has 1 unspecified atom stereocenters. The summed E-state index contributed by atoms with van der Waals surface area (Å²) in [7, 11) is -2.71. The van der Waals surface area contributed by atoms with Crippen molar-refractivity contribution in [2.75, 3.05) is 13.7 Å². The van der Waals surface area contributed by atoms with E-state index >= 15 is 0 Å². The van der Waals surface area contributed by atoms with E-state index in [9.17, 15) is 22.4 Å². The molecule has 0 bridgehead atoms. The third kappa shape index (κ3) is 5.66. The Kier molecular flexibility index (Phi) is 9.11. The van der Waals surface area contributed by atoms with Gasteiger partial charge in [0.05, 0.1) is 24.7 Å². The lowest BCUT2D eigenvalue weighted by atomic mass is 10.0. The predicted molar refractivity (Wildman–Crippen MR) is 141 cm³/mol. The summed E-state index contributed by atoms with van der Waals surface area (Å²) < 4.78 is 54.4. The van der Waals surface area contributed by atoms with Crippen LogP contribution in [0.25, 0.3) is 0 Å². The van der Waals surface area contributed by atoms with Crippen molar-refractivity contribution in [2.45, 2.75) is 58.6 Å². The van der Waals surface area contributed by atoms with Crippen LogP contribution in [0.15, 0.2) is 53.4 Å². The van der Waals surface area contributed by atoms with Crippen LogP contribution in [0, 0.1) is 19.7 Å². The zero-order valence-electron chi connectivity index (χ0n) is 22.4. The molecule has 8 nitrogen and oxygen atoms in total. The molecule has 0 N–H and O–H groups in total. The standard InChI is InChI=1S/C28H33FN2O6S/c1-7-30-19(4)25(18(3)26(30)28(33)37-8-2)27(32)20(5)31(17-21-9-11-22(29)12-10-21)38(34,35)24-15-13-23(36-6)14-16-24/h9-16,20H,7-8,17H2,1-6H3. The molecule has 0 saturated heterocycles. The number of halogens is 1. The zero-order valence-corrected chi connectivity index (χ0v) is 23.3. The number of aromatic nitrogens is 1. The molecule has 10 heteroatoms. The summed E-state index contributed by atoms with van der Waals surface area (Å²) in [5.74, 6) is -0.981. The minimum atomic E-state index is -4.18. The van der Waals surface area contributed by atoms with Gasteiger partial charge in [0.15, 0.2) is 5.78 Å². The Bertz CT molecular complexity index is 1410. The van der Waals surface area contributed by atoms with E-state index < -0.39 is 33.6 Å². The number of carbonyl (C=O) groups is 2. The van der Waals surface area contributed by atoms with Gasteiger partial charge in [-0.1, -0.05) is 12.1 Å². The van der Waals surface area contributed by atoms with Crippen LogP contribution in [0.5, 0.6) is 5.75 Å². The minimum absolute atomic E-state index is 0.0214. The number of esters is 1. The minimum Gasteiger partial charge on any atom is -0.497 e. The molecule has 38 heavy (non-hydrogen) atoms. The molecule has 0 saturated carbocycles. The van der Waals surface area contributed by atoms with Gasteiger partial charge in [-0.05, 0) is 82.1 Å². The molecular formula is C28H33FN2O6S. The van der Waals surface area contributed by atoms with E-state index in [1.54, 1.807) is 25.3 Å². The molecule has 1 atom stereocenters. The summed E-state index contributed by atoms with van der Waals surface area (Å²) in [4.78, 5) is 26.6. The Morgan fingerprint density at radius 3 is 2.16 bits per heavy atom. The van der Waals surface area contributed by atoms with Crippen molar-refractivity contribution >= 4 is 21.8 Å². The molecule has 1 aromatic heterocycles. The fourth-order valence-electron chi connectivity index (χ4n) is 4.54. The lowest BCUT2D eigenvalue weighted by molar-refractivity contribution is 0.0512. The molecule has 0 radical (unpaired) electrons. The Morgan fingerprint density at radius 1 is 1.03 bits per heavy atom. The number of nitrogens with zero attached hydrogens (tertiary/aromatic N) is 2. The Labute approximate surface area is 223 Å². The number of hydrogen-bond donors (Lipinski definition) is 0. The van der Waals surface area contributed by atoms with E-state index in [1.807, 2.05) is 6.92 Å². The highest BCUT2D eigenvalue weighted by molar-refractivity contribution is 7.89. The average molecular weight is 545 g/mol. The van der Waals surface area contributed by atoms with Crippen molar-refractivity contribution < 1.29 is 31.9 Å². The average Bonchev–Trinajstić information content (AvgIpc) is 3.16. The molecule has 0 aliphatic carbocycles. The van der Waals surface area contributed by atoms with Crippen molar-refractivity contribution in [3.05, 3.63) is 82.4 Å². The van der Waals surface area contributed by atoms with E-state index in [4.69, 9.17) is 9.47 Å². The monoisotopic (exact) mass is 544 g/mol. The lowest BCUT2D eigenvalue weighted by Crippen LogP contribution is -2.43. The maximum atomic E-state index is 14.0. The molecule has 2 aromatic carbocycles. The fraction of sp³-hybridized carbons (Fsp3) is 0.357. The first-order valence-electron chi connectivity index (χ1n) is 12.3. The maximum absolute atomic E-state index is 14.0. The van der Waals surface area contributed by atoms with Gasteiger partial charge in [-0.25, -0.2) is 17.6 Å². The quantitative estimate of drug-likeness (QED) is 0.251. The van der Waals surface area contributed by atoms with E-state index in [0.717, 1.165) is 4.31 Å². The molecule has 3 aromatic rings. The number of Topliss-reactive ketones (excluding diaryl/α,β-unsaturated/α-hetero) is 1. The van der Waals surface area contributed by atoms with Crippen molar-refractivity contribution in [1.82, 2.24) is 8.87 Å². The Balaban J connectivity index is 2.12. The van der Waals surface area contributed by atoms with Crippen LogP contribution >= 0.6 is 0 Å². The normalized spacial score (nSPS) is 12.4. The van der Waals surface area contributed by atoms with Crippen LogP contribution in [0.4, 0.5) is 4.39 Å². The van der Waals surface area contributed by atoms with Gasteiger partial charge >= 0.3 is 5.97 Å². The highest BCUT2D eigenvalue weighted by Gasteiger charge is 2.37. The molecule has 3 rings (SSSR count). The first-order valence-corrected chi connectivity index (χ1v) is 13.7. The SMILES string of the molecule is CCOC(=O)c1c(C)c(C(=O)C(C)N(Cc2ccc(F)cc2)S(=O)(=O)c2ccc(OC)cc2)c(C)n1CC. The molecule has 0 aliphatic rings. The largest absolute Gasteiger partial charge is 0.497 e. The molecule has 1 heterocycles. The van der Waals surface area contributed by atoms with Gasteiger partial charge in [0, 0.05) is 24.3 Å². The number of methoxy groups -OCH3 is 1. The van der Waals surface area contributed by atoms with Crippen molar-refractivity contribution in [3.63, 3.8) is 0 Å². The summed E-state index contributed by atoms with van der Waals surface area (Å²) >= 11 is 0. The molecule has 0 spiro atoms. The Morgan fingerprint density at radius 2 is 1.63 bits per heavy atom. The second kappa shape index (κ2) is 11.9. The lowest BCUT2D eigenvalue weighted by Gasteiger charge is -2.28. The summed E-state index contributed by atoms with van der Waals surface area (Å²) in [6.45, 7) is 8.88. The molecular weight excluding hydrogens is 511 g/mol. The molecule has 204 valence electrons. The van der Waals surface area contributed by atoms with Crippen LogP contribution in [-0.2, 0) is 27.8 Å². The van der Waals surface area contributed by atoms with E-state index in [-0.39, 0.29) is 29.3 Å². The van der Waals surface area contributed by atoms with Crippen LogP contribution < -0.4 is 4.74 Å². The van der Waals surface area contributed by atoms with Gasteiger partial charge in [-0.15, -0.1) is 0 Å². The number of ketones is 1. The number of ether oxygens (including phenoxy) is 2. The summed E-state index contributed by atoms with van der Waals surface area (Å²) in [5, 5.41) is 0. The van der Waals surface area contributed by atoms with Crippen LogP contribution in [-0.4, -0.2) is 48.8 Å². The highest BCUT2D eigenvalue weighted by Crippen LogP contribution is 2.29. The van der Waals surface area contributed by atoms with E-state index in [0.29, 0.717) is 29.1 Å². The first-order chi connectivity index (χ1) is 18.0. The first kappa shape index (κ1) is 29.1. The van der Waals surface area contributed by atoms with Gasteiger partial charge < -0.3 is 14.0 Å². The Hall–Kier alpha value is -3.50. The number of sulfonamides is 1. The van der Waals surface area contributed by atoms with E-state index in [2.05, 4.69) is 0 Å². The number of hydrogen-bond acceptors (Lipinski definition) is 6. The van der Waals surface area contributed by atoms with Gasteiger partial charge in [-0.3, -0.25) is 4.79 Å².